The molecule has 1 heterocycles. The van der Waals surface area contributed by atoms with E-state index in [1.54, 1.807) is 0 Å². The fraction of sp³-hybridized carbons (Fsp3) is 0.556. The van der Waals surface area contributed by atoms with Crippen LogP contribution in [0.1, 0.15) is 29.8 Å². The lowest BCUT2D eigenvalue weighted by Gasteiger charge is -2.18. The van der Waals surface area contributed by atoms with Crippen LogP contribution in [0, 0.1) is 6.92 Å². The fourth-order valence-electron chi connectivity index (χ4n) is 1.89. The van der Waals surface area contributed by atoms with Gasteiger partial charge >= 0.3 is 5.69 Å². The molecular weight excluding hydrogens is 168 g/mol. The van der Waals surface area contributed by atoms with Gasteiger partial charge < -0.3 is 5.21 Å². The van der Waals surface area contributed by atoms with Crippen molar-refractivity contribution in [1.29, 1.82) is 0 Å². The molecule has 0 bridgehead atoms. The summed E-state index contributed by atoms with van der Waals surface area (Å²) in [6.07, 6.45) is 3.86. The van der Waals surface area contributed by atoms with E-state index in [-0.39, 0.29) is 0 Å². The first-order valence-electron chi connectivity index (χ1n) is 4.51. The van der Waals surface area contributed by atoms with Crippen molar-refractivity contribution in [3.05, 3.63) is 27.4 Å². The largest absolute Gasteiger partial charge is 0.424 e. The van der Waals surface area contributed by atoms with Crippen molar-refractivity contribution in [2.75, 3.05) is 0 Å². The summed E-state index contributed by atoms with van der Waals surface area (Å²) < 4.78 is 0.696. The lowest BCUT2D eigenvalue weighted by Crippen LogP contribution is -2.28. The average molecular weight is 180 g/mol. The van der Waals surface area contributed by atoms with Gasteiger partial charge in [0, 0.05) is 5.69 Å². The zero-order chi connectivity index (χ0) is 9.42. The minimum absolute atomic E-state index is 0.557. The van der Waals surface area contributed by atoms with Crippen LogP contribution < -0.4 is 5.69 Å². The van der Waals surface area contributed by atoms with E-state index in [1.165, 1.54) is 0 Å². The molecule has 0 amide bonds. The molecule has 0 saturated heterocycles. The number of aromatic nitrogens is 2. The van der Waals surface area contributed by atoms with Crippen LogP contribution in [0.25, 0.3) is 0 Å². The second-order valence-electron chi connectivity index (χ2n) is 3.42. The first kappa shape index (κ1) is 8.29. The zero-order valence-corrected chi connectivity index (χ0v) is 7.58. The van der Waals surface area contributed by atoms with E-state index in [0.29, 0.717) is 4.73 Å². The summed E-state index contributed by atoms with van der Waals surface area (Å²) in [5.41, 5.74) is 2.01. The van der Waals surface area contributed by atoms with Crippen LogP contribution >= 0.6 is 0 Å². The molecule has 0 radical (unpaired) electrons. The predicted octanol–water partition coefficient (Wildman–Crippen LogP) is 0.668. The molecule has 4 heteroatoms. The Hall–Kier alpha value is -1.32. The van der Waals surface area contributed by atoms with Crippen LogP contribution in [0.3, 0.4) is 0 Å². The molecule has 1 aromatic rings. The third kappa shape index (κ3) is 1.22. The van der Waals surface area contributed by atoms with Crippen molar-refractivity contribution in [2.45, 2.75) is 32.6 Å². The summed E-state index contributed by atoms with van der Waals surface area (Å²) in [5, 5.41) is 9.41. The van der Waals surface area contributed by atoms with Gasteiger partial charge in [-0.15, -0.1) is 4.73 Å². The fourth-order valence-corrected chi connectivity index (χ4v) is 1.89. The van der Waals surface area contributed by atoms with Crippen LogP contribution in [-0.2, 0) is 12.8 Å². The maximum atomic E-state index is 11.1. The van der Waals surface area contributed by atoms with Crippen LogP contribution in [0.5, 0.6) is 0 Å². The van der Waals surface area contributed by atoms with Crippen molar-refractivity contribution < 1.29 is 5.21 Å². The van der Waals surface area contributed by atoms with Gasteiger partial charge in [0.2, 0.25) is 0 Å². The summed E-state index contributed by atoms with van der Waals surface area (Å²) in [6.45, 7) is 1.82. The van der Waals surface area contributed by atoms with Gasteiger partial charge in [-0.3, -0.25) is 0 Å². The Morgan fingerprint density at radius 3 is 2.85 bits per heavy atom. The van der Waals surface area contributed by atoms with Crippen LogP contribution in [0.2, 0.25) is 0 Å². The highest BCUT2D eigenvalue weighted by molar-refractivity contribution is 5.26. The third-order valence-electron chi connectivity index (χ3n) is 2.58. The van der Waals surface area contributed by atoms with Gasteiger partial charge in [-0.25, -0.2) is 4.79 Å². The van der Waals surface area contributed by atoms with Crippen molar-refractivity contribution in [1.82, 2.24) is 9.71 Å². The number of rotatable bonds is 0. The summed E-state index contributed by atoms with van der Waals surface area (Å²) in [7, 11) is 0. The molecule has 0 saturated carbocycles. The van der Waals surface area contributed by atoms with E-state index >= 15 is 0 Å². The number of fused-ring (bicyclic) bond motifs is 1. The molecule has 0 atom stereocenters. The Balaban J connectivity index is 2.70. The van der Waals surface area contributed by atoms with Gasteiger partial charge in [0.05, 0.1) is 5.69 Å². The minimum atomic E-state index is -0.557. The van der Waals surface area contributed by atoms with Crippen LogP contribution in [0.15, 0.2) is 4.79 Å². The molecule has 0 aliphatic heterocycles. The number of hydrogen-bond donors (Lipinski definition) is 1. The predicted molar refractivity (Wildman–Crippen MR) is 47.1 cm³/mol. The van der Waals surface area contributed by atoms with Crippen molar-refractivity contribution in [3.63, 3.8) is 0 Å². The van der Waals surface area contributed by atoms with Crippen molar-refractivity contribution >= 4 is 0 Å². The molecule has 0 spiro atoms. The van der Waals surface area contributed by atoms with E-state index in [4.69, 9.17) is 0 Å². The Kier molecular flexibility index (Phi) is 1.83. The maximum Gasteiger partial charge on any atom is 0.380 e. The topological polar surface area (TPSA) is 55.1 Å². The van der Waals surface area contributed by atoms with E-state index < -0.39 is 5.69 Å². The lowest BCUT2D eigenvalue weighted by molar-refractivity contribution is 0.156. The second kappa shape index (κ2) is 2.87. The molecule has 1 aromatic heterocycles. The molecule has 4 nitrogen and oxygen atoms in total. The van der Waals surface area contributed by atoms with E-state index in [2.05, 4.69) is 4.98 Å². The van der Waals surface area contributed by atoms with Gasteiger partial charge in [-0.05, 0) is 38.2 Å². The highest BCUT2D eigenvalue weighted by atomic mass is 16.5. The number of nitrogens with zero attached hydrogens (tertiary/aromatic N) is 2. The Morgan fingerprint density at radius 1 is 1.38 bits per heavy atom. The summed E-state index contributed by atoms with van der Waals surface area (Å²) in [4.78, 5) is 14.9. The maximum absolute atomic E-state index is 11.1. The molecule has 13 heavy (non-hydrogen) atoms. The molecule has 2 rings (SSSR count). The van der Waals surface area contributed by atoms with Crippen LogP contribution in [-0.4, -0.2) is 14.9 Å². The molecule has 1 N–H and O–H groups in total. The molecule has 1 aliphatic rings. The Morgan fingerprint density at radius 2 is 2.08 bits per heavy atom. The van der Waals surface area contributed by atoms with E-state index in [9.17, 15) is 10.0 Å². The molecular formula is C9H12N2O2. The molecule has 0 fully saturated rings. The van der Waals surface area contributed by atoms with Crippen LogP contribution in [0.4, 0.5) is 0 Å². The normalized spacial score (nSPS) is 15.5. The van der Waals surface area contributed by atoms with Gasteiger partial charge in [0.15, 0.2) is 0 Å². The average Bonchev–Trinajstić information content (AvgIpc) is 2.15. The number of aryl methyl sites for hydroxylation is 1. The second-order valence-corrected chi connectivity index (χ2v) is 3.42. The summed E-state index contributed by atoms with van der Waals surface area (Å²) in [5.74, 6) is 0. The Labute approximate surface area is 75.8 Å². The SMILES string of the molecule is Cc1nc(=O)n(O)c2c1CCCC2. The van der Waals surface area contributed by atoms with E-state index in [0.717, 1.165) is 42.6 Å². The van der Waals surface area contributed by atoms with Gasteiger partial charge in [-0.2, -0.15) is 4.98 Å². The highest BCUT2D eigenvalue weighted by Crippen LogP contribution is 2.20. The summed E-state index contributed by atoms with van der Waals surface area (Å²) in [6, 6.07) is 0. The van der Waals surface area contributed by atoms with E-state index in [1.807, 2.05) is 6.92 Å². The van der Waals surface area contributed by atoms with Crippen molar-refractivity contribution in [2.24, 2.45) is 0 Å². The standard InChI is InChI=1S/C9H12N2O2/c1-6-7-4-2-3-5-8(7)11(13)9(12)10-6/h13H,2-5H2,1H3. The van der Waals surface area contributed by atoms with Crippen molar-refractivity contribution in [3.8, 4) is 0 Å². The van der Waals surface area contributed by atoms with Gasteiger partial charge in [0.1, 0.15) is 0 Å². The molecule has 1 aliphatic carbocycles. The van der Waals surface area contributed by atoms with Gasteiger partial charge in [-0.1, -0.05) is 0 Å². The Bertz CT molecular complexity index is 395. The number of hydrogen-bond acceptors (Lipinski definition) is 3. The first-order chi connectivity index (χ1) is 6.20. The molecule has 0 unspecified atom stereocenters. The minimum Gasteiger partial charge on any atom is -0.424 e. The molecule has 0 aromatic carbocycles. The lowest BCUT2D eigenvalue weighted by atomic mass is 9.95. The highest BCUT2D eigenvalue weighted by Gasteiger charge is 2.17. The third-order valence-corrected chi connectivity index (χ3v) is 2.58. The molecule has 70 valence electrons. The smallest absolute Gasteiger partial charge is 0.380 e. The first-order valence-corrected chi connectivity index (χ1v) is 4.51. The monoisotopic (exact) mass is 180 g/mol. The van der Waals surface area contributed by atoms with Gasteiger partial charge in [0.25, 0.3) is 0 Å². The quantitative estimate of drug-likeness (QED) is 0.597. The zero-order valence-electron chi connectivity index (χ0n) is 7.58. The summed E-state index contributed by atoms with van der Waals surface area (Å²) >= 11 is 0.